The number of benzene rings is 3. The summed E-state index contributed by atoms with van der Waals surface area (Å²) < 4.78 is 22.1. The summed E-state index contributed by atoms with van der Waals surface area (Å²) in [5.74, 6) is 0.900. The van der Waals surface area contributed by atoms with Crippen molar-refractivity contribution in [2.75, 3.05) is 19.8 Å². The van der Waals surface area contributed by atoms with E-state index < -0.39 is 11.9 Å². The van der Waals surface area contributed by atoms with Crippen LogP contribution in [0.3, 0.4) is 0 Å². The van der Waals surface area contributed by atoms with Gasteiger partial charge in [0.2, 0.25) is 0 Å². The van der Waals surface area contributed by atoms with Crippen LogP contribution in [-0.2, 0) is 4.79 Å². The lowest BCUT2D eigenvalue weighted by Gasteiger charge is -2.12. The van der Waals surface area contributed by atoms with Crippen molar-refractivity contribution in [1.82, 2.24) is 5.43 Å². The second kappa shape index (κ2) is 13.7. The number of halogens is 1. The lowest BCUT2D eigenvalue weighted by Crippen LogP contribution is -2.24. The van der Waals surface area contributed by atoms with Gasteiger partial charge in [-0.25, -0.2) is 10.2 Å². The molecule has 3 rings (SSSR count). The van der Waals surface area contributed by atoms with E-state index in [1.807, 2.05) is 13.8 Å². The molecule has 1 amide bonds. The summed E-state index contributed by atoms with van der Waals surface area (Å²) in [4.78, 5) is 24.6. The normalized spacial score (nSPS) is 10.6. The predicted molar refractivity (Wildman–Crippen MR) is 137 cm³/mol. The number of carbonyl (C=O) groups excluding carboxylic acids is 2. The smallest absolute Gasteiger partial charge is 0.343 e. The summed E-state index contributed by atoms with van der Waals surface area (Å²) in [6.45, 7) is 4.62. The van der Waals surface area contributed by atoms with Gasteiger partial charge in [0.05, 0.1) is 25.0 Å². The van der Waals surface area contributed by atoms with Crippen LogP contribution in [-0.4, -0.2) is 37.9 Å². The monoisotopic (exact) mass is 510 g/mol. The van der Waals surface area contributed by atoms with Crippen molar-refractivity contribution in [1.29, 1.82) is 0 Å². The quantitative estimate of drug-likeness (QED) is 0.154. The van der Waals surface area contributed by atoms with E-state index in [0.717, 1.165) is 6.42 Å². The summed E-state index contributed by atoms with van der Waals surface area (Å²) in [5, 5.41) is 4.51. The van der Waals surface area contributed by atoms with E-state index in [0.29, 0.717) is 46.6 Å². The average Bonchev–Trinajstić information content (AvgIpc) is 2.89. The second-order valence-electron chi connectivity index (χ2n) is 7.44. The standard InChI is InChI=1S/C27H27ClN2O6/c1-3-15-34-22-10-6-20(7-11-22)27(32)36-24-14-5-19(16-25(24)33-4-2)17-29-30-26(31)18-35-23-12-8-21(28)9-13-23/h5-14,16-17H,3-4,15,18H2,1-2H3,(H,30,31)/b29-17-. The molecule has 0 radical (unpaired) electrons. The maximum absolute atomic E-state index is 12.6. The van der Waals surface area contributed by atoms with Gasteiger partial charge in [0.25, 0.3) is 5.91 Å². The third-order valence-corrected chi connectivity index (χ3v) is 4.87. The highest BCUT2D eigenvalue weighted by Gasteiger charge is 2.13. The number of hydrogen-bond donors (Lipinski definition) is 1. The van der Waals surface area contributed by atoms with Crippen LogP contribution >= 0.6 is 11.6 Å². The van der Waals surface area contributed by atoms with Crippen LogP contribution in [0.1, 0.15) is 36.2 Å². The van der Waals surface area contributed by atoms with Gasteiger partial charge >= 0.3 is 5.97 Å². The lowest BCUT2D eigenvalue weighted by atomic mass is 10.2. The van der Waals surface area contributed by atoms with E-state index in [9.17, 15) is 9.59 Å². The first-order valence-electron chi connectivity index (χ1n) is 11.4. The summed E-state index contributed by atoms with van der Waals surface area (Å²) >= 11 is 5.82. The number of rotatable bonds is 12. The highest BCUT2D eigenvalue weighted by molar-refractivity contribution is 6.30. The first-order chi connectivity index (χ1) is 17.5. The molecule has 3 aromatic rings. The average molecular weight is 511 g/mol. The van der Waals surface area contributed by atoms with Gasteiger partial charge in [0.15, 0.2) is 18.1 Å². The van der Waals surface area contributed by atoms with Crippen LogP contribution in [0.25, 0.3) is 0 Å². The zero-order valence-corrected chi connectivity index (χ0v) is 20.8. The number of hydrazone groups is 1. The Kier molecular flexibility index (Phi) is 10.1. The molecule has 0 unspecified atom stereocenters. The van der Waals surface area contributed by atoms with Crippen molar-refractivity contribution in [3.8, 4) is 23.0 Å². The van der Waals surface area contributed by atoms with Crippen molar-refractivity contribution in [2.24, 2.45) is 5.10 Å². The molecule has 0 saturated heterocycles. The number of ether oxygens (including phenoxy) is 4. The summed E-state index contributed by atoms with van der Waals surface area (Å²) in [5.41, 5.74) is 3.41. The molecule has 0 aliphatic rings. The number of nitrogens with zero attached hydrogens (tertiary/aromatic N) is 1. The van der Waals surface area contributed by atoms with Crippen LogP contribution in [0.2, 0.25) is 5.02 Å². The lowest BCUT2D eigenvalue weighted by molar-refractivity contribution is -0.123. The highest BCUT2D eigenvalue weighted by Crippen LogP contribution is 2.29. The van der Waals surface area contributed by atoms with E-state index in [2.05, 4.69) is 10.5 Å². The number of amides is 1. The molecule has 8 nitrogen and oxygen atoms in total. The van der Waals surface area contributed by atoms with Crippen LogP contribution in [0.5, 0.6) is 23.0 Å². The third-order valence-electron chi connectivity index (χ3n) is 4.62. The van der Waals surface area contributed by atoms with Gasteiger partial charge in [-0.15, -0.1) is 0 Å². The van der Waals surface area contributed by atoms with Gasteiger partial charge in [-0.2, -0.15) is 5.10 Å². The molecule has 0 spiro atoms. The van der Waals surface area contributed by atoms with E-state index in [1.165, 1.54) is 6.21 Å². The van der Waals surface area contributed by atoms with Gasteiger partial charge in [-0.3, -0.25) is 4.79 Å². The van der Waals surface area contributed by atoms with Crippen LogP contribution in [0, 0.1) is 0 Å². The Hall–Kier alpha value is -4.04. The van der Waals surface area contributed by atoms with Crippen molar-refractivity contribution >= 4 is 29.7 Å². The first-order valence-corrected chi connectivity index (χ1v) is 11.8. The van der Waals surface area contributed by atoms with Gasteiger partial charge in [0, 0.05) is 5.02 Å². The summed E-state index contributed by atoms with van der Waals surface area (Å²) in [6, 6.07) is 18.4. The molecular weight excluding hydrogens is 484 g/mol. The third kappa shape index (κ3) is 8.32. The first kappa shape index (κ1) is 26.6. The molecule has 0 atom stereocenters. The van der Waals surface area contributed by atoms with Gasteiger partial charge in [-0.1, -0.05) is 18.5 Å². The van der Waals surface area contributed by atoms with Crippen molar-refractivity contribution in [2.45, 2.75) is 20.3 Å². The number of esters is 1. The minimum absolute atomic E-state index is 0.205. The molecule has 0 heterocycles. The Labute approximate surface area is 214 Å². The molecule has 0 fully saturated rings. The number of carbonyl (C=O) groups is 2. The number of hydrogen-bond acceptors (Lipinski definition) is 7. The van der Waals surface area contributed by atoms with Crippen LogP contribution in [0.15, 0.2) is 71.8 Å². The van der Waals surface area contributed by atoms with Gasteiger partial charge < -0.3 is 18.9 Å². The number of nitrogens with one attached hydrogen (secondary N) is 1. The Balaban J connectivity index is 1.57. The topological polar surface area (TPSA) is 95.5 Å². The maximum atomic E-state index is 12.6. The molecule has 9 heteroatoms. The summed E-state index contributed by atoms with van der Waals surface area (Å²) in [6.07, 6.45) is 2.35. The maximum Gasteiger partial charge on any atom is 0.343 e. The second-order valence-corrected chi connectivity index (χ2v) is 7.87. The minimum atomic E-state index is -0.521. The van der Waals surface area contributed by atoms with Crippen molar-refractivity contribution in [3.63, 3.8) is 0 Å². The van der Waals surface area contributed by atoms with E-state index in [1.54, 1.807) is 66.7 Å². The Bertz CT molecular complexity index is 1180. The Morgan fingerprint density at radius 2 is 1.58 bits per heavy atom. The zero-order chi connectivity index (χ0) is 25.8. The van der Waals surface area contributed by atoms with E-state index in [4.69, 9.17) is 30.5 Å². The Morgan fingerprint density at radius 1 is 0.889 bits per heavy atom. The predicted octanol–water partition coefficient (Wildman–Crippen LogP) is 5.28. The molecule has 0 saturated carbocycles. The van der Waals surface area contributed by atoms with Crippen LogP contribution < -0.4 is 24.4 Å². The van der Waals surface area contributed by atoms with Crippen LogP contribution in [0.4, 0.5) is 0 Å². The largest absolute Gasteiger partial charge is 0.494 e. The van der Waals surface area contributed by atoms with E-state index in [-0.39, 0.29) is 12.4 Å². The molecule has 188 valence electrons. The molecule has 0 aliphatic heterocycles. The highest BCUT2D eigenvalue weighted by atomic mass is 35.5. The van der Waals surface area contributed by atoms with Gasteiger partial charge in [-0.05, 0) is 85.6 Å². The van der Waals surface area contributed by atoms with Gasteiger partial charge in [0.1, 0.15) is 11.5 Å². The molecular formula is C27H27ClN2O6. The van der Waals surface area contributed by atoms with Crippen molar-refractivity contribution in [3.05, 3.63) is 82.9 Å². The fourth-order valence-electron chi connectivity index (χ4n) is 2.91. The SMILES string of the molecule is CCCOc1ccc(C(=O)Oc2ccc(/C=N\NC(=O)COc3ccc(Cl)cc3)cc2OCC)cc1. The molecule has 36 heavy (non-hydrogen) atoms. The fraction of sp³-hybridized carbons (Fsp3) is 0.222. The molecule has 0 aromatic heterocycles. The zero-order valence-electron chi connectivity index (χ0n) is 20.0. The molecule has 1 N–H and O–H groups in total. The summed E-state index contributed by atoms with van der Waals surface area (Å²) in [7, 11) is 0. The molecule has 0 bridgehead atoms. The fourth-order valence-corrected chi connectivity index (χ4v) is 3.04. The molecule has 0 aliphatic carbocycles. The molecule has 3 aromatic carbocycles. The van der Waals surface area contributed by atoms with E-state index >= 15 is 0 Å². The Morgan fingerprint density at radius 3 is 2.28 bits per heavy atom. The van der Waals surface area contributed by atoms with Crippen molar-refractivity contribution < 1.29 is 28.5 Å². The minimum Gasteiger partial charge on any atom is -0.494 e.